The Morgan fingerprint density at radius 1 is 1.26 bits per heavy atom. The molecule has 0 aliphatic heterocycles. The smallest absolute Gasteiger partial charge is 0.385 e. The quantitative estimate of drug-likeness (QED) is 0.282. The van der Waals surface area contributed by atoms with E-state index in [9.17, 15) is 30.8 Å². The molecule has 202 valence electrons. The Morgan fingerprint density at radius 2 is 1.95 bits per heavy atom. The van der Waals surface area contributed by atoms with Gasteiger partial charge in [0.15, 0.2) is 16.6 Å². The zero-order chi connectivity index (χ0) is 28.1. The van der Waals surface area contributed by atoms with Crippen molar-refractivity contribution in [3.8, 4) is 6.07 Å². The van der Waals surface area contributed by atoms with Gasteiger partial charge in [-0.05, 0) is 49.2 Å². The molecule has 0 spiro atoms. The van der Waals surface area contributed by atoms with E-state index in [2.05, 4.69) is 9.97 Å². The number of hydrogen-bond donors (Lipinski definition) is 1. The number of nitrogens with one attached hydrogen (secondary N) is 1. The Kier molecular flexibility index (Phi) is 9.02. The van der Waals surface area contributed by atoms with Gasteiger partial charge in [0.2, 0.25) is 10.0 Å². The number of alkyl halides is 3. The number of amides is 1. The number of halogens is 4. The van der Waals surface area contributed by atoms with Crippen molar-refractivity contribution in [1.82, 2.24) is 14.7 Å². The Balaban J connectivity index is 1.95. The van der Waals surface area contributed by atoms with Gasteiger partial charge in [-0.2, -0.15) is 18.4 Å². The highest BCUT2D eigenvalue weighted by Gasteiger charge is 2.36. The molecule has 0 saturated carbocycles. The number of ether oxygens (including phenoxy) is 1. The van der Waals surface area contributed by atoms with Gasteiger partial charge < -0.3 is 9.64 Å². The minimum Gasteiger partial charge on any atom is -0.385 e. The van der Waals surface area contributed by atoms with Crippen LogP contribution in [0.1, 0.15) is 38.6 Å². The van der Waals surface area contributed by atoms with Crippen molar-refractivity contribution in [2.45, 2.75) is 26.1 Å². The van der Waals surface area contributed by atoms with E-state index in [0.717, 1.165) is 17.5 Å². The number of carbonyl (C=O) groups is 1. The molecule has 3 rings (SSSR count). The van der Waals surface area contributed by atoms with Gasteiger partial charge in [-0.3, -0.25) is 4.79 Å². The second-order valence-electron chi connectivity index (χ2n) is 7.91. The summed E-state index contributed by atoms with van der Waals surface area (Å²) in [4.78, 5) is 22.0. The number of nitriles is 1. The summed E-state index contributed by atoms with van der Waals surface area (Å²) < 4.78 is 84.2. The summed E-state index contributed by atoms with van der Waals surface area (Å²) in [5.74, 6) is -2.85. The van der Waals surface area contributed by atoms with E-state index < -0.39 is 33.6 Å². The molecule has 2 heterocycles. The fraction of sp³-hybridized carbons (Fsp3) is 0.304. The minimum atomic E-state index is -4.96. The monoisotopic (exact) mass is 571 g/mol. The second-order valence-corrected chi connectivity index (χ2v) is 10.9. The minimum absolute atomic E-state index is 0.0689. The number of hydrogen-bond acceptors (Lipinski definition) is 9. The third kappa shape index (κ3) is 7.24. The lowest BCUT2D eigenvalue weighted by Gasteiger charge is -2.22. The van der Waals surface area contributed by atoms with Crippen molar-refractivity contribution >= 4 is 38.1 Å². The fourth-order valence-corrected chi connectivity index (χ4v) is 5.19. The second kappa shape index (κ2) is 11.8. The van der Waals surface area contributed by atoms with Gasteiger partial charge in [0, 0.05) is 30.5 Å². The molecule has 1 amide bonds. The molecule has 15 heteroatoms. The first-order chi connectivity index (χ1) is 17.8. The van der Waals surface area contributed by atoms with Crippen molar-refractivity contribution in [1.29, 1.82) is 5.26 Å². The van der Waals surface area contributed by atoms with E-state index >= 15 is 0 Å². The largest absolute Gasteiger partial charge is 0.436 e. The lowest BCUT2D eigenvalue weighted by Crippen LogP contribution is -2.33. The topological polar surface area (TPSA) is 125 Å². The van der Waals surface area contributed by atoms with Crippen molar-refractivity contribution in [2.75, 3.05) is 24.4 Å². The molecule has 0 atom stereocenters. The number of benzene rings is 1. The number of aryl methyl sites for hydroxylation is 1. The maximum atomic E-state index is 14.2. The number of thiazole rings is 1. The van der Waals surface area contributed by atoms with Crippen LogP contribution in [0.15, 0.2) is 36.5 Å². The SMILES string of the molecule is COCCCS(=O)(=O)NC(=O)c1nc(N(Cc2cnc(C(F)(F)F)c(F)c2)c2ccc(C#N)cc2)sc1C. The number of sulfonamides is 1. The first kappa shape index (κ1) is 29.0. The Hall–Kier alpha value is -3.61. The van der Waals surface area contributed by atoms with Crippen LogP contribution in [0.25, 0.3) is 0 Å². The predicted octanol–water partition coefficient (Wildman–Crippen LogP) is 4.31. The predicted molar refractivity (Wildman–Crippen MR) is 131 cm³/mol. The molecule has 0 radical (unpaired) electrons. The zero-order valence-electron chi connectivity index (χ0n) is 20.0. The molecule has 0 bridgehead atoms. The fourth-order valence-electron chi connectivity index (χ4n) is 3.28. The van der Waals surface area contributed by atoms with E-state index in [0.29, 0.717) is 22.2 Å². The standard InChI is InChI=1S/C23H21F4N5O4S2/c1-14-19(21(33)31-38(34,35)9-3-8-36-2)30-22(37-14)32(17-6-4-15(11-28)5-7-17)13-16-10-18(24)20(29-12-16)23(25,26)27/h4-7,10,12H,3,8-9,13H2,1-2H3,(H,31,33). The van der Waals surface area contributed by atoms with Crippen LogP contribution in [0.2, 0.25) is 0 Å². The summed E-state index contributed by atoms with van der Waals surface area (Å²) in [7, 11) is -2.54. The summed E-state index contributed by atoms with van der Waals surface area (Å²) >= 11 is 1.01. The summed E-state index contributed by atoms with van der Waals surface area (Å²) in [5, 5.41) is 9.26. The van der Waals surface area contributed by atoms with Crippen molar-refractivity contribution in [3.63, 3.8) is 0 Å². The lowest BCUT2D eigenvalue weighted by molar-refractivity contribution is -0.143. The third-order valence-corrected chi connectivity index (χ3v) is 7.37. The van der Waals surface area contributed by atoms with Gasteiger partial charge in [0.25, 0.3) is 5.91 Å². The first-order valence-electron chi connectivity index (χ1n) is 10.8. The van der Waals surface area contributed by atoms with E-state index in [-0.39, 0.29) is 41.7 Å². The average Bonchev–Trinajstić information content (AvgIpc) is 3.23. The molecule has 2 aromatic heterocycles. The van der Waals surface area contributed by atoms with E-state index in [1.165, 1.54) is 24.1 Å². The van der Waals surface area contributed by atoms with Crippen LogP contribution in [-0.2, 0) is 27.5 Å². The van der Waals surface area contributed by atoms with Gasteiger partial charge in [0.05, 0.1) is 23.9 Å². The zero-order valence-corrected chi connectivity index (χ0v) is 21.7. The van der Waals surface area contributed by atoms with E-state index in [4.69, 9.17) is 10.00 Å². The van der Waals surface area contributed by atoms with Crippen LogP contribution >= 0.6 is 11.3 Å². The molecule has 3 aromatic rings. The Labute approximate surface area is 219 Å². The van der Waals surface area contributed by atoms with Crippen molar-refractivity contribution in [2.24, 2.45) is 0 Å². The van der Waals surface area contributed by atoms with Crippen LogP contribution in [0, 0.1) is 24.1 Å². The van der Waals surface area contributed by atoms with Gasteiger partial charge in [-0.15, -0.1) is 11.3 Å². The third-order valence-electron chi connectivity index (χ3n) is 5.06. The highest BCUT2D eigenvalue weighted by Crippen LogP contribution is 2.34. The summed E-state index contributed by atoms with van der Waals surface area (Å²) in [6.07, 6.45) is -3.91. The Morgan fingerprint density at radius 3 is 2.53 bits per heavy atom. The van der Waals surface area contributed by atoms with E-state index in [1.54, 1.807) is 19.1 Å². The van der Waals surface area contributed by atoms with E-state index in [1.807, 2.05) is 10.8 Å². The van der Waals surface area contributed by atoms with Gasteiger partial charge in [-0.1, -0.05) is 0 Å². The Bertz CT molecular complexity index is 1450. The molecule has 9 nitrogen and oxygen atoms in total. The van der Waals surface area contributed by atoms with Crippen molar-refractivity contribution < 1.29 is 35.5 Å². The number of carbonyl (C=O) groups excluding carboxylic acids is 1. The van der Waals surface area contributed by atoms with Crippen LogP contribution in [0.4, 0.5) is 28.4 Å². The lowest BCUT2D eigenvalue weighted by atomic mass is 10.2. The maximum Gasteiger partial charge on any atom is 0.436 e. The molecular formula is C23H21F4N5O4S2. The average molecular weight is 572 g/mol. The first-order valence-corrected chi connectivity index (χ1v) is 13.3. The summed E-state index contributed by atoms with van der Waals surface area (Å²) in [6.45, 7) is 1.54. The molecule has 1 aromatic carbocycles. The summed E-state index contributed by atoms with van der Waals surface area (Å²) in [5.41, 5.74) is -0.987. The highest BCUT2D eigenvalue weighted by molar-refractivity contribution is 7.90. The van der Waals surface area contributed by atoms with Gasteiger partial charge in [-0.25, -0.2) is 27.5 Å². The van der Waals surface area contributed by atoms with Crippen LogP contribution < -0.4 is 9.62 Å². The molecule has 38 heavy (non-hydrogen) atoms. The number of nitrogens with zero attached hydrogens (tertiary/aromatic N) is 4. The molecule has 1 N–H and O–H groups in total. The maximum absolute atomic E-state index is 14.2. The van der Waals surface area contributed by atoms with Crippen LogP contribution in [-0.4, -0.2) is 43.8 Å². The van der Waals surface area contributed by atoms with Gasteiger partial charge >= 0.3 is 6.18 Å². The molecular weight excluding hydrogens is 550 g/mol. The van der Waals surface area contributed by atoms with Crippen LogP contribution in [0.5, 0.6) is 0 Å². The molecule has 0 aliphatic carbocycles. The van der Waals surface area contributed by atoms with Crippen molar-refractivity contribution in [3.05, 3.63) is 69.7 Å². The summed E-state index contributed by atoms with van der Waals surface area (Å²) in [6, 6.07) is 8.74. The number of methoxy groups -OCH3 is 1. The molecule has 0 unspecified atom stereocenters. The number of pyridine rings is 1. The number of rotatable bonds is 10. The number of aromatic nitrogens is 2. The van der Waals surface area contributed by atoms with Gasteiger partial charge in [0.1, 0.15) is 5.69 Å². The molecule has 0 saturated heterocycles. The highest BCUT2D eigenvalue weighted by atomic mass is 32.2. The normalized spacial score (nSPS) is 11.7. The van der Waals surface area contributed by atoms with Crippen LogP contribution in [0.3, 0.4) is 0 Å². The molecule has 0 aliphatic rings. The molecule has 0 fully saturated rings. The number of anilines is 2.